The van der Waals surface area contributed by atoms with E-state index in [1.165, 1.54) is 0 Å². The first-order chi connectivity index (χ1) is 8.22. The maximum atomic E-state index is 8.96. The van der Waals surface area contributed by atoms with Crippen molar-refractivity contribution < 1.29 is 4.52 Å². The van der Waals surface area contributed by atoms with Crippen molar-refractivity contribution in [3.63, 3.8) is 0 Å². The predicted molar refractivity (Wildman–Crippen MR) is 64.5 cm³/mol. The van der Waals surface area contributed by atoms with Gasteiger partial charge in [-0.1, -0.05) is 17.3 Å². The van der Waals surface area contributed by atoms with Crippen LogP contribution in [0, 0.1) is 25.2 Å². The first kappa shape index (κ1) is 11.2. The number of aromatic nitrogens is 1. The molecule has 0 saturated heterocycles. The van der Waals surface area contributed by atoms with Crippen LogP contribution in [0.1, 0.15) is 22.6 Å². The van der Waals surface area contributed by atoms with Gasteiger partial charge in [-0.3, -0.25) is 0 Å². The zero-order chi connectivity index (χ0) is 12.3. The van der Waals surface area contributed by atoms with Crippen molar-refractivity contribution in [2.45, 2.75) is 20.4 Å². The molecular formula is C13H13N3O. The maximum Gasteiger partial charge on any atom is 0.138 e. The summed E-state index contributed by atoms with van der Waals surface area (Å²) in [4.78, 5) is 0. The minimum atomic E-state index is 0.611. The third-order valence-corrected chi connectivity index (χ3v) is 2.68. The molecule has 17 heavy (non-hydrogen) atoms. The Kier molecular flexibility index (Phi) is 3.10. The van der Waals surface area contributed by atoms with Crippen molar-refractivity contribution in [3.05, 3.63) is 46.8 Å². The van der Waals surface area contributed by atoms with Crippen molar-refractivity contribution in [1.82, 2.24) is 5.16 Å². The first-order valence-electron chi connectivity index (χ1n) is 5.37. The molecule has 0 fully saturated rings. The molecule has 0 saturated carbocycles. The molecule has 0 aliphatic heterocycles. The molecule has 4 nitrogen and oxygen atoms in total. The average Bonchev–Trinajstić information content (AvgIpc) is 2.67. The first-order valence-corrected chi connectivity index (χ1v) is 5.37. The lowest BCUT2D eigenvalue weighted by atomic mass is 10.1. The van der Waals surface area contributed by atoms with Crippen molar-refractivity contribution in [3.8, 4) is 6.07 Å². The normalized spacial score (nSPS) is 9.94. The summed E-state index contributed by atoms with van der Waals surface area (Å²) in [6.45, 7) is 4.40. The van der Waals surface area contributed by atoms with Crippen LogP contribution in [0.25, 0.3) is 0 Å². The average molecular weight is 227 g/mol. The lowest BCUT2D eigenvalue weighted by Crippen LogP contribution is -2.02. The second-order valence-electron chi connectivity index (χ2n) is 3.81. The van der Waals surface area contributed by atoms with E-state index in [2.05, 4.69) is 16.5 Å². The largest absolute Gasteiger partial charge is 0.380 e. The van der Waals surface area contributed by atoms with E-state index >= 15 is 0 Å². The van der Waals surface area contributed by atoms with Crippen LogP contribution < -0.4 is 5.32 Å². The fourth-order valence-corrected chi connectivity index (χ4v) is 1.67. The fourth-order valence-electron chi connectivity index (χ4n) is 1.67. The molecule has 2 aromatic rings. The van der Waals surface area contributed by atoms with E-state index in [4.69, 9.17) is 9.78 Å². The molecule has 1 N–H and O–H groups in total. The van der Waals surface area contributed by atoms with E-state index < -0.39 is 0 Å². The Hall–Kier alpha value is -2.28. The number of nitrogens with one attached hydrogen (secondary N) is 1. The monoisotopic (exact) mass is 227 g/mol. The summed E-state index contributed by atoms with van der Waals surface area (Å²) >= 11 is 0. The van der Waals surface area contributed by atoms with Crippen LogP contribution in [0.2, 0.25) is 0 Å². The number of nitriles is 1. The second kappa shape index (κ2) is 4.71. The van der Waals surface area contributed by atoms with Crippen molar-refractivity contribution in [2.24, 2.45) is 0 Å². The molecule has 0 radical (unpaired) electrons. The Bertz CT molecular complexity index is 547. The molecule has 1 heterocycles. The number of hydrogen-bond acceptors (Lipinski definition) is 4. The van der Waals surface area contributed by atoms with Gasteiger partial charge in [-0.2, -0.15) is 5.26 Å². The van der Waals surface area contributed by atoms with Gasteiger partial charge in [-0.25, -0.2) is 0 Å². The molecule has 2 rings (SSSR count). The van der Waals surface area contributed by atoms with Gasteiger partial charge in [-0.15, -0.1) is 0 Å². The Morgan fingerprint density at radius 1 is 1.35 bits per heavy atom. The highest BCUT2D eigenvalue weighted by molar-refractivity contribution is 5.57. The molecule has 0 aliphatic rings. The van der Waals surface area contributed by atoms with Gasteiger partial charge in [-0.05, 0) is 26.0 Å². The molecule has 0 unspecified atom stereocenters. The summed E-state index contributed by atoms with van der Waals surface area (Å²) in [5.74, 6) is 0.810. The zero-order valence-electron chi connectivity index (χ0n) is 9.82. The minimum Gasteiger partial charge on any atom is -0.380 e. The number of hydrogen-bond donors (Lipinski definition) is 1. The van der Waals surface area contributed by atoms with Crippen molar-refractivity contribution in [1.29, 1.82) is 5.26 Å². The Labute approximate surface area is 99.9 Å². The number of nitrogens with zero attached hydrogens (tertiary/aromatic N) is 2. The number of anilines is 1. The van der Waals surface area contributed by atoms with Crippen LogP contribution in [0.5, 0.6) is 0 Å². The molecule has 86 valence electrons. The summed E-state index contributed by atoms with van der Waals surface area (Å²) in [6.07, 6.45) is 0. The van der Waals surface area contributed by atoms with Gasteiger partial charge >= 0.3 is 0 Å². The maximum absolute atomic E-state index is 8.96. The van der Waals surface area contributed by atoms with Crippen LogP contribution >= 0.6 is 0 Å². The summed E-state index contributed by atoms with van der Waals surface area (Å²) in [5.41, 5.74) is 3.39. The standard InChI is InChI=1S/C13H13N3O/c1-9-12(10(2)17-16-9)8-15-13-6-4-3-5-11(13)7-14/h3-6,15H,8H2,1-2H3. The van der Waals surface area contributed by atoms with Crippen LogP contribution in [-0.4, -0.2) is 5.16 Å². The van der Waals surface area contributed by atoms with E-state index in [0.29, 0.717) is 12.1 Å². The summed E-state index contributed by atoms with van der Waals surface area (Å²) in [7, 11) is 0. The van der Waals surface area contributed by atoms with Gasteiger partial charge in [0.1, 0.15) is 11.8 Å². The smallest absolute Gasteiger partial charge is 0.138 e. The molecule has 1 aromatic heterocycles. The van der Waals surface area contributed by atoms with Gasteiger partial charge in [0.05, 0.1) is 16.9 Å². The third kappa shape index (κ3) is 2.28. The van der Waals surface area contributed by atoms with Gasteiger partial charge in [0.15, 0.2) is 0 Å². The molecule has 0 spiro atoms. The molecular weight excluding hydrogens is 214 g/mol. The number of benzene rings is 1. The summed E-state index contributed by atoms with van der Waals surface area (Å²) < 4.78 is 5.09. The lowest BCUT2D eigenvalue weighted by molar-refractivity contribution is 0.392. The van der Waals surface area contributed by atoms with Crippen LogP contribution in [0.4, 0.5) is 5.69 Å². The molecule has 0 bridgehead atoms. The van der Waals surface area contributed by atoms with Gasteiger partial charge in [0.2, 0.25) is 0 Å². The second-order valence-corrected chi connectivity index (χ2v) is 3.81. The van der Waals surface area contributed by atoms with Crippen LogP contribution in [0.15, 0.2) is 28.8 Å². The summed E-state index contributed by atoms with van der Waals surface area (Å²) in [5, 5.41) is 16.1. The van der Waals surface area contributed by atoms with E-state index in [-0.39, 0.29) is 0 Å². The Balaban J connectivity index is 2.16. The van der Waals surface area contributed by atoms with E-state index in [1.54, 1.807) is 6.07 Å². The molecule has 0 aliphatic carbocycles. The fraction of sp³-hybridized carbons (Fsp3) is 0.231. The molecule has 1 aromatic carbocycles. The number of aryl methyl sites for hydroxylation is 2. The SMILES string of the molecule is Cc1noc(C)c1CNc1ccccc1C#N. The van der Waals surface area contributed by atoms with Crippen LogP contribution in [0.3, 0.4) is 0 Å². The quantitative estimate of drug-likeness (QED) is 0.875. The Morgan fingerprint density at radius 3 is 2.76 bits per heavy atom. The Morgan fingerprint density at radius 2 is 2.12 bits per heavy atom. The number of rotatable bonds is 3. The molecule has 4 heteroatoms. The topological polar surface area (TPSA) is 61.9 Å². The third-order valence-electron chi connectivity index (χ3n) is 2.68. The zero-order valence-corrected chi connectivity index (χ0v) is 9.82. The molecule has 0 atom stereocenters. The summed E-state index contributed by atoms with van der Waals surface area (Å²) in [6, 6.07) is 9.57. The van der Waals surface area contributed by atoms with Gasteiger partial charge in [0, 0.05) is 12.1 Å². The van der Waals surface area contributed by atoms with Crippen molar-refractivity contribution in [2.75, 3.05) is 5.32 Å². The highest BCUT2D eigenvalue weighted by atomic mass is 16.5. The van der Waals surface area contributed by atoms with Gasteiger partial charge < -0.3 is 9.84 Å². The molecule has 0 amide bonds. The minimum absolute atomic E-state index is 0.611. The van der Waals surface area contributed by atoms with Crippen molar-refractivity contribution >= 4 is 5.69 Å². The van der Waals surface area contributed by atoms with E-state index in [1.807, 2.05) is 32.0 Å². The van der Waals surface area contributed by atoms with E-state index in [0.717, 1.165) is 22.7 Å². The van der Waals surface area contributed by atoms with Crippen LogP contribution in [-0.2, 0) is 6.54 Å². The lowest BCUT2D eigenvalue weighted by Gasteiger charge is -2.07. The predicted octanol–water partition coefficient (Wildman–Crippen LogP) is 2.78. The highest BCUT2D eigenvalue weighted by Crippen LogP contribution is 2.17. The van der Waals surface area contributed by atoms with Gasteiger partial charge in [0.25, 0.3) is 0 Å². The number of para-hydroxylation sites is 1. The highest BCUT2D eigenvalue weighted by Gasteiger charge is 2.09. The van der Waals surface area contributed by atoms with E-state index in [9.17, 15) is 0 Å².